The molecule has 0 aliphatic carbocycles. The predicted molar refractivity (Wildman–Crippen MR) is 134 cm³/mol. The molecule has 1 atom stereocenters. The van der Waals surface area contributed by atoms with Crippen LogP contribution in [0.15, 0.2) is 18.2 Å². The van der Waals surface area contributed by atoms with Crippen LogP contribution in [-0.2, 0) is 11.3 Å². The number of hydrogen-bond donors (Lipinski definition) is 4. The average molecular weight is 465 g/mol. The van der Waals surface area contributed by atoms with Crippen molar-refractivity contribution in [2.75, 3.05) is 46.4 Å². The maximum atomic E-state index is 10.2. The molecule has 1 aliphatic heterocycles. The smallest absolute Gasteiger partial charge is 0.121 e. The third-order valence-corrected chi connectivity index (χ3v) is 6.88. The lowest BCUT2D eigenvalue weighted by molar-refractivity contribution is 0.125. The van der Waals surface area contributed by atoms with Gasteiger partial charge in [-0.1, -0.05) is 44.6 Å². The molecule has 0 bridgehead atoms. The van der Waals surface area contributed by atoms with Crippen LogP contribution in [0, 0.1) is 5.92 Å². The number of aliphatic hydroxyl groups is 2. The number of aromatic hydroxyl groups is 1. The van der Waals surface area contributed by atoms with E-state index in [0.29, 0.717) is 17.7 Å². The van der Waals surface area contributed by atoms with E-state index in [1.165, 1.54) is 70.5 Å². The Morgan fingerprint density at radius 2 is 1.67 bits per heavy atom. The Hall–Kier alpha value is -1.18. The summed E-state index contributed by atoms with van der Waals surface area (Å²) in [5.41, 5.74) is 1.15. The zero-order valence-electron chi connectivity index (χ0n) is 20.8. The van der Waals surface area contributed by atoms with Crippen molar-refractivity contribution in [1.29, 1.82) is 0 Å². The van der Waals surface area contributed by atoms with Crippen molar-refractivity contribution < 1.29 is 20.1 Å². The summed E-state index contributed by atoms with van der Waals surface area (Å²) in [6, 6.07) is 4.86. The molecule has 2 rings (SSSR count). The lowest BCUT2D eigenvalue weighted by Crippen LogP contribution is -2.30. The molecule has 1 aliphatic rings. The molecule has 0 aromatic heterocycles. The van der Waals surface area contributed by atoms with Crippen molar-refractivity contribution in [3.05, 3.63) is 29.3 Å². The number of hydrogen-bond acceptors (Lipinski definition) is 6. The molecule has 1 aromatic carbocycles. The van der Waals surface area contributed by atoms with E-state index in [9.17, 15) is 15.3 Å². The van der Waals surface area contributed by atoms with Crippen molar-refractivity contribution in [2.24, 2.45) is 5.92 Å². The van der Waals surface area contributed by atoms with Crippen molar-refractivity contribution in [3.63, 3.8) is 0 Å². The van der Waals surface area contributed by atoms with E-state index in [-0.39, 0.29) is 12.4 Å². The molecule has 6 heteroatoms. The second-order valence-electron chi connectivity index (χ2n) is 9.74. The monoisotopic (exact) mass is 464 g/mol. The molecule has 0 radical (unpaired) electrons. The number of rotatable bonds is 18. The molecule has 1 fully saturated rings. The van der Waals surface area contributed by atoms with E-state index < -0.39 is 6.10 Å². The number of piperidine rings is 1. The minimum absolute atomic E-state index is 0.0590. The van der Waals surface area contributed by atoms with Gasteiger partial charge >= 0.3 is 0 Å². The summed E-state index contributed by atoms with van der Waals surface area (Å²) < 4.78 is 5.79. The molecule has 33 heavy (non-hydrogen) atoms. The molecule has 190 valence electrons. The molecular formula is C27H48N2O4. The Balaban J connectivity index is 1.32. The van der Waals surface area contributed by atoms with Crippen LogP contribution in [-0.4, -0.2) is 66.7 Å². The van der Waals surface area contributed by atoms with Gasteiger partial charge in [-0.25, -0.2) is 0 Å². The molecule has 0 spiro atoms. The largest absolute Gasteiger partial charge is 0.508 e. The molecule has 1 unspecified atom stereocenters. The SMILES string of the molecule is CN1CCC(CCCCCCOCCCCCCNCC(O)c2ccc(O)c(CO)c2)CC1. The summed E-state index contributed by atoms with van der Waals surface area (Å²) >= 11 is 0. The Kier molecular flexibility index (Phi) is 14.7. The normalized spacial score (nSPS) is 16.3. The van der Waals surface area contributed by atoms with E-state index in [1.807, 2.05) is 0 Å². The first-order chi connectivity index (χ1) is 16.1. The zero-order valence-corrected chi connectivity index (χ0v) is 20.8. The van der Waals surface area contributed by atoms with Crippen LogP contribution in [0.5, 0.6) is 5.75 Å². The molecule has 0 saturated carbocycles. The summed E-state index contributed by atoms with van der Waals surface area (Å²) in [4.78, 5) is 2.45. The van der Waals surface area contributed by atoms with Crippen LogP contribution < -0.4 is 5.32 Å². The van der Waals surface area contributed by atoms with Gasteiger partial charge in [0, 0.05) is 25.3 Å². The number of nitrogens with one attached hydrogen (secondary N) is 1. The van der Waals surface area contributed by atoms with E-state index >= 15 is 0 Å². The quantitative estimate of drug-likeness (QED) is 0.241. The first-order valence-electron chi connectivity index (χ1n) is 13.2. The van der Waals surface area contributed by atoms with Gasteiger partial charge in [-0.3, -0.25) is 0 Å². The molecule has 1 heterocycles. The number of unbranched alkanes of at least 4 members (excludes halogenated alkanes) is 6. The molecule has 1 aromatic rings. The van der Waals surface area contributed by atoms with Crippen molar-refractivity contribution in [2.45, 2.75) is 83.3 Å². The van der Waals surface area contributed by atoms with Crippen LogP contribution in [0.25, 0.3) is 0 Å². The number of likely N-dealkylation sites (tertiary alicyclic amines) is 1. The van der Waals surface area contributed by atoms with Gasteiger partial charge < -0.3 is 30.3 Å². The van der Waals surface area contributed by atoms with E-state index in [2.05, 4.69) is 17.3 Å². The lowest BCUT2D eigenvalue weighted by Gasteiger charge is -2.28. The highest BCUT2D eigenvalue weighted by molar-refractivity contribution is 5.36. The summed E-state index contributed by atoms with van der Waals surface area (Å²) in [6.07, 6.45) is 13.4. The minimum atomic E-state index is -0.640. The number of aliphatic hydroxyl groups excluding tert-OH is 2. The first-order valence-corrected chi connectivity index (χ1v) is 13.2. The van der Waals surface area contributed by atoms with Crippen LogP contribution in [0.1, 0.15) is 87.9 Å². The highest BCUT2D eigenvalue weighted by Crippen LogP contribution is 2.23. The fourth-order valence-corrected chi connectivity index (χ4v) is 4.55. The molecule has 0 amide bonds. The second kappa shape index (κ2) is 17.3. The van der Waals surface area contributed by atoms with Crippen molar-refractivity contribution in [1.82, 2.24) is 10.2 Å². The molecule has 6 nitrogen and oxygen atoms in total. The van der Waals surface area contributed by atoms with Gasteiger partial charge in [-0.2, -0.15) is 0 Å². The van der Waals surface area contributed by atoms with Gasteiger partial charge in [0.1, 0.15) is 5.75 Å². The Labute approximate surface area is 201 Å². The van der Waals surface area contributed by atoms with Gasteiger partial charge in [0.2, 0.25) is 0 Å². The molecule has 4 N–H and O–H groups in total. The summed E-state index contributed by atoms with van der Waals surface area (Å²) in [6.45, 7) is 5.45. The third kappa shape index (κ3) is 12.2. The maximum Gasteiger partial charge on any atom is 0.121 e. The van der Waals surface area contributed by atoms with Gasteiger partial charge in [0.05, 0.1) is 12.7 Å². The number of ether oxygens (including phenoxy) is 1. The fourth-order valence-electron chi connectivity index (χ4n) is 4.55. The van der Waals surface area contributed by atoms with Gasteiger partial charge in [-0.05, 0) is 82.4 Å². The molecular weight excluding hydrogens is 416 g/mol. The average Bonchev–Trinajstić information content (AvgIpc) is 2.82. The first kappa shape index (κ1) is 28.1. The predicted octanol–water partition coefficient (Wildman–Crippen LogP) is 4.38. The van der Waals surface area contributed by atoms with E-state index in [4.69, 9.17) is 4.74 Å². The number of nitrogens with zero attached hydrogens (tertiary/aromatic N) is 1. The van der Waals surface area contributed by atoms with Crippen LogP contribution in [0.2, 0.25) is 0 Å². The van der Waals surface area contributed by atoms with Gasteiger partial charge in [0.15, 0.2) is 0 Å². The van der Waals surface area contributed by atoms with E-state index in [0.717, 1.165) is 44.9 Å². The van der Waals surface area contributed by atoms with Crippen LogP contribution >= 0.6 is 0 Å². The summed E-state index contributed by atoms with van der Waals surface area (Å²) in [5, 5.41) is 32.4. The standard InChI is InChI=1S/C27H48N2O4/c1-29-16-13-23(14-17-29)10-6-2-4-8-18-33-19-9-5-3-7-15-28-21-27(32)24-11-12-26(31)25(20-24)22-30/h11-12,20,23,27-28,30-32H,2-10,13-19,21-22H2,1H3. The number of phenols is 1. The lowest BCUT2D eigenvalue weighted by atomic mass is 9.91. The van der Waals surface area contributed by atoms with Crippen LogP contribution in [0.3, 0.4) is 0 Å². The van der Waals surface area contributed by atoms with Crippen molar-refractivity contribution >= 4 is 0 Å². The maximum absolute atomic E-state index is 10.2. The summed E-state index contributed by atoms with van der Waals surface area (Å²) in [7, 11) is 2.23. The topological polar surface area (TPSA) is 85.2 Å². The van der Waals surface area contributed by atoms with Crippen LogP contribution in [0.4, 0.5) is 0 Å². The highest BCUT2D eigenvalue weighted by Gasteiger charge is 2.15. The molecule has 1 saturated heterocycles. The summed E-state index contributed by atoms with van der Waals surface area (Å²) in [5.74, 6) is 1.03. The fraction of sp³-hybridized carbons (Fsp3) is 0.778. The Morgan fingerprint density at radius 3 is 2.36 bits per heavy atom. The Bertz CT molecular complexity index is 620. The van der Waals surface area contributed by atoms with E-state index in [1.54, 1.807) is 12.1 Å². The van der Waals surface area contributed by atoms with Gasteiger partial charge in [0.25, 0.3) is 0 Å². The minimum Gasteiger partial charge on any atom is -0.508 e. The Morgan fingerprint density at radius 1 is 1.00 bits per heavy atom. The number of benzene rings is 1. The van der Waals surface area contributed by atoms with Crippen molar-refractivity contribution in [3.8, 4) is 5.75 Å². The van der Waals surface area contributed by atoms with Gasteiger partial charge in [-0.15, -0.1) is 0 Å². The highest BCUT2D eigenvalue weighted by atomic mass is 16.5. The second-order valence-corrected chi connectivity index (χ2v) is 9.74. The third-order valence-electron chi connectivity index (χ3n) is 6.88. The zero-order chi connectivity index (χ0) is 23.7.